The third-order valence-electron chi connectivity index (χ3n) is 4.28. The maximum absolute atomic E-state index is 10.6. The Morgan fingerprint density at radius 1 is 1.15 bits per heavy atom. The second-order valence-corrected chi connectivity index (χ2v) is 6.14. The highest BCUT2D eigenvalue weighted by molar-refractivity contribution is 5.85. The number of nitrogens with zero attached hydrogens (tertiary/aromatic N) is 1. The Balaban J connectivity index is 0.00000200. The van der Waals surface area contributed by atoms with Crippen LogP contribution in [0.5, 0.6) is 0 Å². The molecule has 2 rings (SSSR count). The summed E-state index contributed by atoms with van der Waals surface area (Å²) in [6, 6.07) is 6.34. The highest BCUT2D eigenvalue weighted by Crippen LogP contribution is 2.26. The number of hydrogen-bond donors (Lipinski definition) is 1. The van der Waals surface area contributed by atoms with Gasteiger partial charge in [0.25, 0.3) is 0 Å². The van der Waals surface area contributed by atoms with Crippen LogP contribution in [0.15, 0.2) is 18.2 Å². The third-order valence-corrected chi connectivity index (χ3v) is 4.28. The lowest BCUT2D eigenvalue weighted by Gasteiger charge is -2.31. The van der Waals surface area contributed by atoms with E-state index in [-0.39, 0.29) is 18.5 Å². The first-order chi connectivity index (χ1) is 9.08. The van der Waals surface area contributed by atoms with E-state index >= 15 is 0 Å². The minimum Gasteiger partial charge on any atom is -0.388 e. The van der Waals surface area contributed by atoms with Crippen molar-refractivity contribution in [2.24, 2.45) is 5.92 Å². The first-order valence-electron chi connectivity index (χ1n) is 7.55. The van der Waals surface area contributed by atoms with Crippen LogP contribution in [0, 0.1) is 19.8 Å². The molecular formula is C17H28ClNO. The Morgan fingerprint density at radius 3 is 2.40 bits per heavy atom. The summed E-state index contributed by atoms with van der Waals surface area (Å²) < 4.78 is 0. The van der Waals surface area contributed by atoms with Gasteiger partial charge in [0.05, 0.1) is 6.10 Å². The second kappa shape index (κ2) is 8.02. The molecule has 1 aromatic rings. The molecule has 1 saturated heterocycles. The topological polar surface area (TPSA) is 23.5 Å². The summed E-state index contributed by atoms with van der Waals surface area (Å²) >= 11 is 0. The zero-order valence-corrected chi connectivity index (χ0v) is 13.7. The lowest BCUT2D eigenvalue weighted by atomic mass is 9.92. The Bertz CT molecular complexity index is 415. The molecule has 1 aliphatic rings. The van der Waals surface area contributed by atoms with E-state index in [1.54, 1.807) is 0 Å². The molecule has 20 heavy (non-hydrogen) atoms. The summed E-state index contributed by atoms with van der Waals surface area (Å²) in [6.07, 6.45) is 3.64. The van der Waals surface area contributed by atoms with Gasteiger partial charge in [0.2, 0.25) is 0 Å². The van der Waals surface area contributed by atoms with Gasteiger partial charge in [-0.05, 0) is 56.8 Å². The molecule has 3 heteroatoms. The van der Waals surface area contributed by atoms with E-state index in [2.05, 4.69) is 43.9 Å². The number of rotatable bonds is 4. The van der Waals surface area contributed by atoms with Crippen molar-refractivity contribution < 1.29 is 5.11 Å². The number of likely N-dealkylation sites (tertiary alicyclic amines) is 1. The summed E-state index contributed by atoms with van der Waals surface area (Å²) in [7, 11) is 0. The molecule has 2 atom stereocenters. The average molecular weight is 298 g/mol. The van der Waals surface area contributed by atoms with E-state index in [1.807, 2.05) is 0 Å². The van der Waals surface area contributed by atoms with Gasteiger partial charge >= 0.3 is 0 Å². The number of aliphatic hydroxyl groups excluding tert-OH is 1. The van der Waals surface area contributed by atoms with Crippen LogP contribution in [0.3, 0.4) is 0 Å². The Kier molecular flexibility index (Phi) is 7.01. The number of aryl methyl sites for hydroxylation is 2. The number of aliphatic hydroxyl groups is 1. The maximum atomic E-state index is 10.6. The first kappa shape index (κ1) is 17.5. The fourth-order valence-corrected chi connectivity index (χ4v) is 3.11. The van der Waals surface area contributed by atoms with Gasteiger partial charge in [0.1, 0.15) is 0 Å². The largest absolute Gasteiger partial charge is 0.388 e. The normalized spacial score (nSPS) is 19.2. The molecule has 0 aromatic heterocycles. The Labute approximate surface area is 129 Å². The summed E-state index contributed by atoms with van der Waals surface area (Å²) in [5, 5.41) is 10.6. The number of halogens is 1. The molecule has 1 aromatic carbocycles. The lowest BCUT2D eigenvalue weighted by Crippen LogP contribution is -2.35. The molecule has 2 nitrogen and oxygen atoms in total. The number of piperidine rings is 1. The Hall–Kier alpha value is -0.570. The monoisotopic (exact) mass is 297 g/mol. The molecule has 0 amide bonds. The second-order valence-electron chi connectivity index (χ2n) is 6.14. The van der Waals surface area contributed by atoms with Gasteiger partial charge in [-0.25, -0.2) is 0 Å². The summed E-state index contributed by atoms with van der Waals surface area (Å²) in [4.78, 5) is 2.50. The molecule has 1 heterocycles. The fourth-order valence-electron chi connectivity index (χ4n) is 3.11. The molecule has 0 saturated carbocycles. The zero-order valence-electron chi connectivity index (χ0n) is 12.9. The van der Waals surface area contributed by atoms with Gasteiger partial charge in [-0.1, -0.05) is 37.1 Å². The minimum absolute atomic E-state index is 0. The predicted molar refractivity (Wildman–Crippen MR) is 87.6 cm³/mol. The van der Waals surface area contributed by atoms with Gasteiger partial charge in [-0.15, -0.1) is 12.4 Å². The van der Waals surface area contributed by atoms with Crippen LogP contribution in [0.25, 0.3) is 0 Å². The van der Waals surface area contributed by atoms with Gasteiger partial charge in [0, 0.05) is 6.54 Å². The molecule has 0 aliphatic carbocycles. The van der Waals surface area contributed by atoms with E-state index in [9.17, 15) is 5.11 Å². The highest BCUT2D eigenvalue weighted by atomic mass is 35.5. The van der Waals surface area contributed by atoms with Crippen molar-refractivity contribution in [3.63, 3.8) is 0 Å². The fraction of sp³-hybridized carbons (Fsp3) is 0.647. The van der Waals surface area contributed by atoms with Crippen molar-refractivity contribution in [1.29, 1.82) is 0 Å². The van der Waals surface area contributed by atoms with Crippen molar-refractivity contribution in [3.8, 4) is 0 Å². The van der Waals surface area contributed by atoms with Crippen molar-refractivity contribution in [2.45, 2.75) is 46.1 Å². The molecular weight excluding hydrogens is 270 g/mol. The molecule has 0 spiro atoms. The Morgan fingerprint density at radius 2 is 1.80 bits per heavy atom. The predicted octanol–water partition coefficient (Wildman–Crippen LogP) is 3.88. The first-order valence-corrected chi connectivity index (χ1v) is 7.55. The molecule has 0 radical (unpaired) electrons. The van der Waals surface area contributed by atoms with Crippen LogP contribution < -0.4 is 0 Å². The maximum Gasteiger partial charge on any atom is 0.0830 e. The van der Waals surface area contributed by atoms with Crippen molar-refractivity contribution in [1.82, 2.24) is 4.90 Å². The van der Waals surface area contributed by atoms with Gasteiger partial charge in [0.15, 0.2) is 0 Å². The highest BCUT2D eigenvalue weighted by Gasteiger charge is 2.21. The molecule has 1 N–H and O–H groups in total. The quantitative estimate of drug-likeness (QED) is 0.911. The van der Waals surface area contributed by atoms with Gasteiger partial charge in [-0.3, -0.25) is 0 Å². The summed E-state index contributed by atoms with van der Waals surface area (Å²) in [5.74, 6) is 0.291. The molecule has 1 aliphatic heterocycles. The average Bonchev–Trinajstić information content (AvgIpc) is 2.39. The lowest BCUT2D eigenvalue weighted by molar-refractivity contribution is 0.0815. The van der Waals surface area contributed by atoms with E-state index in [0.717, 1.165) is 12.1 Å². The molecule has 1 fully saturated rings. The van der Waals surface area contributed by atoms with Crippen LogP contribution in [-0.4, -0.2) is 29.6 Å². The molecule has 114 valence electrons. The van der Waals surface area contributed by atoms with Crippen LogP contribution in [0.1, 0.15) is 49.0 Å². The van der Waals surface area contributed by atoms with E-state index in [0.29, 0.717) is 5.92 Å². The number of hydrogen-bond acceptors (Lipinski definition) is 2. The van der Waals surface area contributed by atoms with E-state index < -0.39 is 0 Å². The van der Waals surface area contributed by atoms with E-state index in [4.69, 9.17) is 0 Å². The third kappa shape index (κ3) is 4.47. The number of benzene rings is 1. The van der Waals surface area contributed by atoms with Crippen molar-refractivity contribution in [2.75, 3.05) is 19.6 Å². The van der Waals surface area contributed by atoms with Gasteiger partial charge < -0.3 is 10.0 Å². The zero-order chi connectivity index (χ0) is 13.8. The van der Waals surface area contributed by atoms with Crippen LogP contribution in [0.2, 0.25) is 0 Å². The summed E-state index contributed by atoms with van der Waals surface area (Å²) in [5.41, 5.74) is 3.56. The standard InChI is InChI=1S/C17H27NO.ClH/c1-13-7-8-16(14(2)11-13)17(19)15(3)12-18-9-5-4-6-10-18;/h7-8,11,15,17,19H,4-6,9-10,12H2,1-3H3;1H. The van der Waals surface area contributed by atoms with E-state index in [1.165, 1.54) is 43.5 Å². The van der Waals surface area contributed by atoms with Crippen molar-refractivity contribution >= 4 is 12.4 Å². The minimum atomic E-state index is -0.345. The van der Waals surface area contributed by atoms with Crippen LogP contribution in [-0.2, 0) is 0 Å². The van der Waals surface area contributed by atoms with Gasteiger partial charge in [-0.2, -0.15) is 0 Å². The SMILES string of the molecule is Cc1ccc(C(O)C(C)CN2CCCCC2)c(C)c1.Cl. The molecule has 2 unspecified atom stereocenters. The summed E-state index contributed by atoms with van der Waals surface area (Å²) in [6.45, 7) is 9.76. The molecule has 0 bridgehead atoms. The smallest absolute Gasteiger partial charge is 0.0830 e. The van der Waals surface area contributed by atoms with Crippen LogP contribution >= 0.6 is 12.4 Å². The van der Waals surface area contributed by atoms with Crippen molar-refractivity contribution in [3.05, 3.63) is 34.9 Å². The van der Waals surface area contributed by atoms with Crippen LogP contribution in [0.4, 0.5) is 0 Å².